The average Bonchev–Trinajstić information content (AvgIpc) is 2.55. The highest BCUT2D eigenvalue weighted by Gasteiger charge is 2.16. The highest BCUT2D eigenvalue weighted by Crippen LogP contribution is 2.17. The zero-order chi connectivity index (χ0) is 16.8. The largest absolute Gasteiger partial charge is 0.350 e. The lowest BCUT2D eigenvalue weighted by Gasteiger charge is -2.25. The van der Waals surface area contributed by atoms with Crippen molar-refractivity contribution in [2.45, 2.75) is 6.04 Å². The van der Waals surface area contributed by atoms with Gasteiger partial charge in [0.05, 0.1) is 11.0 Å². The van der Waals surface area contributed by atoms with E-state index in [1.54, 1.807) is 6.07 Å². The molecule has 0 aromatic heterocycles. The molecule has 0 aliphatic carbocycles. The number of nitro benzene ring substituents is 1. The van der Waals surface area contributed by atoms with Gasteiger partial charge in [-0.2, -0.15) is 0 Å². The summed E-state index contributed by atoms with van der Waals surface area (Å²) in [5.41, 5.74) is 1.28. The van der Waals surface area contributed by atoms with Crippen molar-refractivity contribution in [1.29, 1.82) is 0 Å². The van der Waals surface area contributed by atoms with Crippen molar-refractivity contribution < 1.29 is 9.72 Å². The molecule has 1 amide bonds. The lowest BCUT2D eigenvalue weighted by atomic mass is 10.1. The van der Waals surface area contributed by atoms with Gasteiger partial charge in [-0.15, -0.1) is 0 Å². The van der Waals surface area contributed by atoms with Crippen molar-refractivity contribution in [2.24, 2.45) is 0 Å². The highest BCUT2D eigenvalue weighted by molar-refractivity contribution is 5.94. The zero-order valence-electron chi connectivity index (χ0n) is 13.1. The molecule has 0 spiro atoms. The first-order valence-electron chi connectivity index (χ1n) is 7.23. The Balaban J connectivity index is 2.08. The quantitative estimate of drug-likeness (QED) is 0.657. The molecule has 0 bridgehead atoms. The Hall–Kier alpha value is -2.73. The fourth-order valence-electron chi connectivity index (χ4n) is 2.33. The number of carbonyl (C=O) groups is 1. The second-order valence-electron chi connectivity index (χ2n) is 5.41. The maximum atomic E-state index is 12.2. The Morgan fingerprint density at radius 1 is 1.17 bits per heavy atom. The second kappa shape index (κ2) is 7.51. The summed E-state index contributed by atoms with van der Waals surface area (Å²) >= 11 is 0. The van der Waals surface area contributed by atoms with Crippen LogP contribution in [-0.2, 0) is 0 Å². The number of amides is 1. The van der Waals surface area contributed by atoms with E-state index in [9.17, 15) is 14.9 Å². The molecule has 6 nitrogen and oxygen atoms in total. The molecule has 2 rings (SSSR count). The molecule has 0 saturated heterocycles. The van der Waals surface area contributed by atoms with Gasteiger partial charge in [-0.3, -0.25) is 14.9 Å². The maximum absolute atomic E-state index is 12.2. The third-order valence-electron chi connectivity index (χ3n) is 3.58. The Morgan fingerprint density at radius 3 is 2.48 bits per heavy atom. The molecule has 6 heteroatoms. The first-order valence-corrected chi connectivity index (χ1v) is 7.23. The molecule has 0 fully saturated rings. The molecule has 2 aromatic carbocycles. The predicted molar refractivity (Wildman–Crippen MR) is 88.3 cm³/mol. The van der Waals surface area contributed by atoms with Crippen LogP contribution in [0.25, 0.3) is 0 Å². The van der Waals surface area contributed by atoms with Crippen molar-refractivity contribution in [3.05, 3.63) is 75.8 Å². The Kier molecular flexibility index (Phi) is 5.43. The predicted octanol–water partition coefficient (Wildman–Crippen LogP) is 2.63. The minimum Gasteiger partial charge on any atom is -0.350 e. The molecule has 1 N–H and O–H groups in total. The summed E-state index contributed by atoms with van der Waals surface area (Å²) in [4.78, 5) is 24.5. The monoisotopic (exact) mass is 313 g/mol. The number of hydrogen-bond acceptors (Lipinski definition) is 4. The first-order chi connectivity index (χ1) is 11.0. The van der Waals surface area contributed by atoms with Gasteiger partial charge in [-0.1, -0.05) is 36.4 Å². The molecular weight excluding hydrogens is 294 g/mol. The summed E-state index contributed by atoms with van der Waals surface area (Å²) in [6.07, 6.45) is 0. The van der Waals surface area contributed by atoms with Crippen LogP contribution in [-0.4, -0.2) is 36.4 Å². The normalized spacial score (nSPS) is 12.0. The topological polar surface area (TPSA) is 75.5 Å². The van der Waals surface area contributed by atoms with Crippen LogP contribution in [0.2, 0.25) is 0 Å². The third-order valence-corrected chi connectivity index (χ3v) is 3.58. The van der Waals surface area contributed by atoms with Gasteiger partial charge in [0.1, 0.15) is 0 Å². The molecule has 2 aromatic rings. The van der Waals surface area contributed by atoms with E-state index >= 15 is 0 Å². The summed E-state index contributed by atoms with van der Waals surface area (Å²) in [6.45, 7) is 0.415. The highest BCUT2D eigenvalue weighted by atomic mass is 16.6. The minimum atomic E-state index is -0.511. The van der Waals surface area contributed by atoms with E-state index in [4.69, 9.17) is 0 Å². The summed E-state index contributed by atoms with van der Waals surface area (Å²) in [5.74, 6) is -0.323. The molecule has 1 unspecified atom stereocenters. The van der Waals surface area contributed by atoms with Crippen LogP contribution in [0.4, 0.5) is 5.69 Å². The standard InChI is InChI=1S/C17H19N3O3/c1-19(2)16(13-7-4-3-5-8-13)12-18-17(21)14-9-6-10-15(11-14)20(22)23/h3-11,16H,12H2,1-2H3,(H,18,21). The molecule has 1 atom stereocenters. The van der Waals surface area contributed by atoms with Crippen LogP contribution in [0, 0.1) is 10.1 Å². The summed E-state index contributed by atoms with van der Waals surface area (Å²) < 4.78 is 0. The number of carbonyl (C=O) groups excluding carboxylic acids is 1. The van der Waals surface area contributed by atoms with Gasteiger partial charge < -0.3 is 10.2 Å². The van der Waals surface area contributed by atoms with E-state index < -0.39 is 4.92 Å². The summed E-state index contributed by atoms with van der Waals surface area (Å²) in [7, 11) is 3.88. The van der Waals surface area contributed by atoms with Crippen LogP contribution in [0.3, 0.4) is 0 Å². The van der Waals surface area contributed by atoms with Crippen LogP contribution in [0.5, 0.6) is 0 Å². The van der Waals surface area contributed by atoms with Crippen molar-refractivity contribution in [1.82, 2.24) is 10.2 Å². The average molecular weight is 313 g/mol. The smallest absolute Gasteiger partial charge is 0.270 e. The van der Waals surface area contributed by atoms with Crippen molar-refractivity contribution >= 4 is 11.6 Å². The molecule has 23 heavy (non-hydrogen) atoms. The van der Waals surface area contributed by atoms with Gasteiger partial charge in [-0.25, -0.2) is 0 Å². The van der Waals surface area contributed by atoms with Gasteiger partial charge in [0.2, 0.25) is 0 Å². The van der Waals surface area contributed by atoms with Crippen molar-refractivity contribution in [3.8, 4) is 0 Å². The molecule has 0 heterocycles. The lowest BCUT2D eigenvalue weighted by Crippen LogP contribution is -2.34. The SMILES string of the molecule is CN(C)C(CNC(=O)c1cccc([N+](=O)[O-])c1)c1ccccc1. The fraction of sp³-hybridized carbons (Fsp3) is 0.235. The molecule has 0 saturated carbocycles. The van der Waals surface area contributed by atoms with E-state index in [1.807, 2.05) is 49.3 Å². The zero-order valence-corrected chi connectivity index (χ0v) is 13.1. The number of nitro groups is 1. The van der Waals surface area contributed by atoms with Crippen LogP contribution in [0.1, 0.15) is 22.0 Å². The number of non-ortho nitro benzene ring substituents is 1. The molecule has 0 radical (unpaired) electrons. The number of rotatable bonds is 6. The molecule has 120 valence electrons. The van der Waals surface area contributed by atoms with Gasteiger partial charge in [0, 0.05) is 24.2 Å². The fourth-order valence-corrected chi connectivity index (χ4v) is 2.33. The summed E-state index contributed by atoms with van der Waals surface area (Å²) in [6, 6.07) is 15.6. The number of hydrogen-bond donors (Lipinski definition) is 1. The molecule has 0 aliphatic heterocycles. The van der Waals surface area contributed by atoms with E-state index in [-0.39, 0.29) is 23.2 Å². The van der Waals surface area contributed by atoms with Gasteiger partial charge in [0.15, 0.2) is 0 Å². The Morgan fingerprint density at radius 2 is 1.87 bits per heavy atom. The van der Waals surface area contributed by atoms with Gasteiger partial charge >= 0.3 is 0 Å². The van der Waals surface area contributed by atoms with Crippen molar-refractivity contribution in [3.63, 3.8) is 0 Å². The van der Waals surface area contributed by atoms with E-state index in [1.165, 1.54) is 18.2 Å². The number of nitrogens with zero attached hydrogens (tertiary/aromatic N) is 2. The van der Waals surface area contributed by atoms with Crippen molar-refractivity contribution in [2.75, 3.05) is 20.6 Å². The maximum Gasteiger partial charge on any atom is 0.270 e. The number of nitrogens with one attached hydrogen (secondary N) is 1. The van der Waals surface area contributed by atoms with Gasteiger partial charge in [0.25, 0.3) is 11.6 Å². The number of likely N-dealkylation sites (N-methyl/N-ethyl adjacent to an activating group) is 1. The first kappa shape index (κ1) is 16.6. The van der Waals surface area contributed by atoms with Crippen LogP contribution in [0.15, 0.2) is 54.6 Å². The second-order valence-corrected chi connectivity index (χ2v) is 5.41. The van der Waals surface area contributed by atoms with E-state index in [2.05, 4.69) is 5.32 Å². The third kappa shape index (κ3) is 4.37. The van der Waals surface area contributed by atoms with Crippen LogP contribution < -0.4 is 5.32 Å². The van der Waals surface area contributed by atoms with E-state index in [0.717, 1.165) is 5.56 Å². The van der Waals surface area contributed by atoms with Crippen LogP contribution >= 0.6 is 0 Å². The van der Waals surface area contributed by atoms with Gasteiger partial charge in [-0.05, 0) is 25.7 Å². The summed E-state index contributed by atoms with van der Waals surface area (Å²) in [5, 5.41) is 13.6. The number of benzene rings is 2. The molecule has 0 aliphatic rings. The van der Waals surface area contributed by atoms with E-state index in [0.29, 0.717) is 6.54 Å². The molecular formula is C17H19N3O3. The Bertz CT molecular complexity index is 686. The Labute approximate surface area is 134 Å². The minimum absolute atomic E-state index is 0.0267. The lowest BCUT2D eigenvalue weighted by molar-refractivity contribution is -0.384.